The van der Waals surface area contributed by atoms with Gasteiger partial charge >= 0.3 is 0 Å². The van der Waals surface area contributed by atoms with Crippen LogP contribution in [0.2, 0.25) is 0 Å². The third-order valence-electron chi connectivity index (χ3n) is 4.47. The van der Waals surface area contributed by atoms with Gasteiger partial charge < -0.3 is 19.9 Å². The fourth-order valence-corrected chi connectivity index (χ4v) is 3.01. The zero-order chi connectivity index (χ0) is 18.2. The summed E-state index contributed by atoms with van der Waals surface area (Å²) in [4.78, 5) is 28.3. The largest absolute Gasteiger partial charge is 0.497 e. The van der Waals surface area contributed by atoms with Crippen molar-refractivity contribution in [3.8, 4) is 5.75 Å². The van der Waals surface area contributed by atoms with Crippen molar-refractivity contribution < 1.29 is 14.3 Å². The molecule has 1 aliphatic rings. The molecule has 1 atom stereocenters. The standard InChI is InChI=1S/C19H29N3O3/c1-21(2)10-5-9-20-19(24)16-13-18(23)22(14-16)11-8-15-6-4-7-17(12-15)25-3/h4,6-7,12,16H,5,8-11,13-14H2,1-3H3,(H,20,24). The fourth-order valence-electron chi connectivity index (χ4n) is 3.01. The maximum Gasteiger partial charge on any atom is 0.225 e. The molecular weight excluding hydrogens is 318 g/mol. The third-order valence-corrected chi connectivity index (χ3v) is 4.47. The summed E-state index contributed by atoms with van der Waals surface area (Å²) in [6, 6.07) is 7.86. The summed E-state index contributed by atoms with van der Waals surface area (Å²) in [5.74, 6) is 0.657. The van der Waals surface area contributed by atoms with Crippen LogP contribution >= 0.6 is 0 Å². The van der Waals surface area contributed by atoms with E-state index < -0.39 is 0 Å². The van der Waals surface area contributed by atoms with Crippen molar-refractivity contribution in [1.82, 2.24) is 15.1 Å². The van der Waals surface area contributed by atoms with E-state index >= 15 is 0 Å². The summed E-state index contributed by atoms with van der Waals surface area (Å²) in [7, 11) is 5.67. The maximum absolute atomic E-state index is 12.2. The topological polar surface area (TPSA) is 61.9 Å². The van der Waals surface area contributed by atoms with Crippen LogP contribution in [0, 0.1) is 5.92 Å². The molecule has 1 unspecified atom stereocenters. The molecule has 138 valence electrons. The number of nitrogens with one attached hydrogen (secondary N) is 1. The minimum atomic E-state index is -0.225. The number of hydrogen-bond acceptors (Lipinski definition) is 4. The van der Waals surface area contributed by atoms with Gasteiger partial charge in [0.2, 0.25) is 11.8 Å². The number of nitrogens with zero attached hydrogens (tertiary/aromatic N) is 2. The number of hydrogen-bond donors (Lipinski definition) is 1. The highest BCUT2D eigenvalue weighted by Gasteiger charge is 2.33. The van der Waals surface area contributed by atoms with E-state index in [1.807, 2.05) is 38.4 Å². The van der Waals surface area contributed by atoms with Gasteiger partial charge in [-0.15, -0.1) is 0 Å². The van der Waals surface area contributed by atoms with Crippen LogP contribution in [0.5, 0.6) is 5.75 Å². The quantitative estimate of drug-likeness (QED) is 0.681. The van der Waals surface area contributed by atoms with Crippen LogP contribution in [0.3, 0.4) is 0 Å². The maximum atomic E-state index is 12.2. The number of benzene rings is 1. The molecule has 1 N–H and O–H groups in total. The molecule has 1 aromatic rings. The molecule has 0 aromatic heterocycles. The van der Waals surface area contributed by atoms with Crippen LogP contribution in [0.25, 0.3) is 0 Å². The lowest BCUT2D eigenvalue weighted by atomic mass is 10.1. The monoisotopic (exact) mass is 347 g/mol. The molecule has 0 bridgehead atoms. The summed E-state index contributed by atoms with van der Waals surface area (Å²) in [6.07, 6.45) is 2.00. The van der Waals surface area contributed by atoms with Gasteiger partial charge in [-0.2, -0.15) is 0 Å². The van der Waals surface area contributed by atoms with Crippen LogP contribution < -0.4 is 10.1 Å². The molecule has 2 amide bonds. The Bertz CT molecular complexity index is 589. The van der Waals surface area contributed by atoms with Crippen molar-refractivity contribution in [2.24, 2.45) is 5.92 Å². The lowest BCUT2D eigenvalue weighted by Gasteiger charge is -2.17. The Labute approximate surface area is 150 Å². The van der Waals surface area contributed by atoms with Crippen LogP contribution in [-0.2, 0) is 16.0 Å². The number of carbonyl (C=O) groups is 2. The van der Waals surface area contributed by atoms with E-state index in [0.29, 0.717) is 26.1 Å². The van der Waals surface area contributed by atoms with Gasteiger partial charge in [0.1, 0.15) is 5.75 Å². The molecule has 2 rings (SSSR count). The molecule has 1 heterocycles. The van der Waals surface area contributed by atoms with Gasteiger partial charge in [0.15, 0.2) is 0 Å². The zero-order valence-corrected chi connectivity index (χ0v) is 15.5. The van der Waals surface area contributed by atoms with Gasteiger partial charge in [0.05, 0.1) is 13.0 Å². The van der Waals surface area contributed by atoms with E-state index in [-0.39, 0.29) is 17.7 Å². The number of carbonyl (C=O) groups excluding carboxylic acids is 2. The van der Waals surface area contributed by atoms with Crippen molar-refractivity contribution in [1.29, 1.82) is 0 Å². The van der Waals surface area contributed by atoms with Gasteiger partial charge in [0, 0.05) is 26.1 Å². The molecule has 0 saturated carbocycles. The van der Waals surface area contributed by atoms with E-state index in [1.54, 1.807) is 12.0 Å². The lowest BCUT2D eigenvalue weighted by Crippen LogP contribution is -2.34. The normalized spacial score (nSPS) is 17.2. The number of rotatable bonds is 9. The highest BCUT2D eigenvalue weighted by Crippen LogP contribution is 2.19. The Morgan fingerprint density at radius 2 is 2.20 bits per heavy atom. The third kappa shape index (κ3) is 6.05. The summed E-state index contributed by atoms with van der Waals surface area (Å²) < 4.78 is 5.22. The molecule has 6 nitrogen and oxygen atoms in total. The van der Waals surface area contributed by atoms with E-state index in [1.165, 1.54) is 0 Å². The Hall–Kier alpha value is -2.08. The number of methoxy groups -OCH3 is 1. The molecule has 0 spiro atoms. The van der Waals surface area contributed by atoms with Gasteiger partial charge in [0.25, 0.3) is 0 Å². The van der Waals surface area contributed by atoms with Gasteiger partial charge in [-0.05, 0) is 51.2 Å². The van der Waals surface area contributed by atoms with E-state index in [9.17, 15) is 9.59 Å². The Balaban J connectivity index is 1.76. The first kappa shape index (κ1) is 19.2. The number of amides is 2. The minimum Gasteiger partial charge on any atom is -0.497 e. The second-order valence-electron chi connectivity index (χ2n) is 6.79. The molecule has 1 aromatic carbocycles. The average Bonchev–Trinajstić information content (AvgIpc) is 2.97. The van der Waals surface area contributed by atoms with Crippen molar-refractivity contribution in [2.45, 2.75) is 19.3 Å². The summed E-state index contributed by atoms with van der Waals surface area (Å²) in [6.45, 7) is 2.75. The summed E-state index contributed by atoms with van der Waals surface area (Å²) >= 11 is 0. The second-order valence-corrected chi connectivity index (χ2v) is 6.79. The summed E-state index contributed by atoms with van der Waals surface area (Å²) in [5, 5.41) is 2.95. The molecule has 1 saturated heterocycles. The molecule has 6 heteroatoms. The van der Waals surface area contributed by atoms with Crippen LogP contribution in [0.4, 0.5) is 0 Å². The van der Waals surface area contributed by atoms with Crippen molar-refractivity contribution in [2.75, 3.05) is 47.4 Å². The Kier molecular flexibility index (Phi) is 7.25. The number of likely N-dealkylation sites (tertiary alicyclic amines) is 1. The first-order valence-electron chi connectivity index (χ1n) is 8.82. The minimum absolute atomic E-state index is 0.00372. The second kappa shape index (κ2) is 9.42. The van der Waals surface area contributed by atoms with Crippen LogP contribution in [0.15, 0.2) is 24.3 Å². The molecule has 25 heavy (non-hydrogen) atoms. The predicted octanol–water partition coefficient (Wildman–Crippen LogP) is 1.15. The van der Waals surface area contributed by atoms with Crippen molar-refractivity contribution in [3.63, 3.8) is 0 Å². The highest BCUT2D eigenvalue weighted by atomic mass is 16.5. The van der Waals surface area contributed by atoms with Crippen molar-refractivity contribution >= 4 is 11.8 Å². The molecular formula is C19H29N3O3. The fraction of sp³-hybridized carbons (Fsp3) is 0.579. The molecule has 0 aliphatic carbocycles. The molecule has 0 radical (unpaired) electrons. The predicted molar refractivity (Wildman–Crippen MR) is 97.6 cm³/mol. The van der Waals surface area contributed by atoms with E-state index in [2.05, 4.69) is 10.2 Å². The van der Waals surface area contributed by atoms with E-state index in [4.69, 9.17) is 4.74 Å². The highest BCUT2D eigenvalue weighted by molar-refractivity contribution is 5.89. The van der Waals surface area contributed by atoms with E-state index in [0.717, 1.165) is 30.7 Å². The summed E-state index contributed by atoms with van der Waals surface area (Å²) in [5.41, 5.74) is 1.13. The zero-order valence-electron chi connectivity index (χ0n) is 15.5. The Morgan fingerprint density at radius 1 is 1.40 bits per heavy atom. The SMILES string of the molecule is COc1cccc(CCN2CC(C(=O)NCCCN(C)C)CC2=O)c1. The van der Waals surface area contributed by atoms with Gasteiger partial charge in [-0.3, -0.25) is 9.59 Å². The Morgan fingerprint density at radius 3 is 2.92 bits per heavy atom. The smallest absolute Gasteiger partial charge is 0.225 e. The number of ether oxygens (including phenoxy) is 1. The first-order chi connectivity index (χ1) is 12.0. The molecule has 1 fully saturated rings. The van der Waals surface area contributed by atoms with Gasteiger partial charge in [-0.1, -0.05) is 12.1 Å². The lowest BCUT2D eigenvalue weighted by molar-refractivity contribution is -0.129. The first-order valence-corrected chi connectivity index (χ1v) is 8.82. The van der Waals surface area contributed by atoms with Crippen LogP contribution in [0.1, 0.15) is 18.4 Å². The average molecular weight is 347 g/mol. The van der Waals surface area contributed by atoms with Crippen LogP contribution in [-0.4, -0.2) is 69.0 Å². The molecule has 1 aliphatic heterocycles. The van der Waals surface area contributed by atoms with Gasteiger partial charge in [-0.25, -0.2) is 0 Å². The van der Waals surface area contributed by atoms with Crippen molar-refractivity contribution in [3.05, 3.63) is 29.8 Å².